The first kappa shape index (κ1) is 14.1. The van der Waals surface area contributed by atoms with Crippen LogP contribution in [0.2, 0.25) is 10.0 Å². The lowest BCUT2D eigenvalue weighted by molar-refractivity contribution is 0.130. The molecule has 0 saturated carbocycles. The number of rotatable bonds is 4. The van der Waals surface area contributed by atoms with Crippen LogP contribution in [0.4, 0.5) is 0 Å². The lowest BCUT2D eigenvalue weighted by Crippen LogP contribution is -2.47. The Morgan fingerprint density at radius 1 is 1.00 bits per heavy atom. The first-order valence-electron chi connectivity index (χ1n) is 6.28. The van der Waals surface area contributed by atoms with E-state index in [1.54, 1.807) is 0 Å². The van der Waals surface area contributed by atoms with E-state index in [1.807, 2.05) is 18.2 Å². The molecule has 1 saturated heterocycles. The van der Waals surface area contributed by atoms with E-state index in [0.717, 1.165) is 61.4 Å². The highest BCUT2D eigenvalue weighted by Gasteiger charge is 2.18. The predicted molar refractivity (Wildman–Crippen MR) is 77.2 cm³/mol. The van der Waals surface area contributed by atoms with Crippen LogP contribution in [0.25, 0.3) is 0 Å². The van der Waals surface area contributed by atoms with Gasteiger partial charge in [-0.05, 0) is 12.1 Å². The average Bonchev–Trinajstić information content (AvgIpc) is 2.36. The fraction of sp³-hybridized carbons (Fsp3) is 0.538. The van der Waals surface area contributed by atoms with Crippen LogP contribution in [0.1, 0.15) is 5.56 Å². The van der Waals surface area contributed by atoms with Crippen molar-refractivity contribution in [1.82, 2.24) is 9.80 Å². The Labute approximate surface area is 118 Å². The van der Waals surface area contributed by atoms with Gasteiger partial charge in [0.1, 0.15) is 0 Å². The van der Waals surface area contributed by atoms with Crippen molar-refractivity contribution in [2.24, 2.45) is 5.73 Å². The third-order valence-electron chi connectivity index (χ3n) is 3.35. The maximum Gasteiger partial charge on any atom is 0.0465 e. The van der Waals surface area contributed by atoms with E-state index in [0.29, 0.717) is 0 Å². The zero-order valence-corrected chi connectivity index (χ0v) is 11.9. The van der Waals surface area contributed by atoms with Gasteiger partial charge in [0.15, 0.2) is 0 Å². The molecular formula is C13H19Cl2N3. The molecule has 0 aliphatic carbocycles. The van der Waals surface area contributed by atoms with Crippen molar-refractivity contribution in [3.8, 4) is 0 Å². The fourth-order valence-electron chi connectivity index (χ4n) is 2.26. The number of nitrogens with two attached hydrogens (primary N) is 1. The van der Waals surface area contributed by atoms with Crippen LogP contribution in [0.5, 0.6) is 0 Å². The zero-order valence-electron chi connectivity index (χ0n) is 10.4. The van der Waals surface area contributed by atoms with Crippen molar-refractivity contribution in [3.05, 3.63) is 33.8 Å². The number of benzene rings is 1. The Morgan fingerprint density at radius 3 is 2.11 bits per heavy atom. The topological polar surface area (TPSA) is 32.5 Å². The van der Waals surface area contributed by atoms with Gasteiger partial charge >= 0.3 is 0 Å². The number of halogens is 2. The molecule has 0 amide bonds. The second-order valence-electron chi connectivity index (χ2n) is 4.61. The maximum atomic E-state index is 6.19. The molecule has 0 aromatic heterocycles. The quantitative estimate of drug-likeness (QED) is 0.920. The largest absolute Gasteiger partial charge is 0.329 e. The molecule has 2 N–H and O–H groups in total. The fourth-order valence-corrected chi connectivity index (χ4v) is 2.78. The monoisotopic (exact) mass is 287 g/mol. The first-order chi connectivity index (χ1) is 8.70. The molecule has 100 valence electrons. The minimum Gasteiger partial charge on any atom is -0.329 e. The molecule has 1 aliphatic heterocycles. The Bertz CT molecular complexity index is 370. The van der Waals surface area contributed by atoms with Crippen LogP contribution >= 0.6 is 23.2 Å². The normalized spacial score (nSPS) is 18.2. The van der Waals surface area contributed by atoms with Gasteiger partial charge in [0, 0.05) is 61.4 Å². The minimum absolute atomic E-state index is 0.732. The van der Waals surface area contributed by atoms with Crippen molar-refractivity contribution in [1.29, 1.82) is 0 Å². The van der Waals surface area contributed by atoms with Gasteiger partial charge < -0.3 is 5.73 Å². The van der Waals surface area contributed by atoms with Crippen molar-refractivity contribution in [2.45, 2.75) is 6.54 Å². The number of nitrogens with zero attached hydrogens (tertiary/aromatic N) is 2. The van der Waals surface area contributed by atoms with Gasteiger partial charge in [-0.25, -0.2) is 0 Å². The summed E-state index contributed by atoms with van der Waals surface area (Å²) in [5.41, 5.74) is 6.60. The summed E-state index contributed by atoms with van der Waals surface area (Å²) in [4.78, 5) is 4.78. The average molecular weight is 288 g/mol. The zero-order chi connectivity index (χ0) is 13.0. The van der Waals surface area contributed by atoms with Crippen LogP contribution in [0.3, 0.4) is 0 Å². The molecule has 5 heteroatoms. The van der Waals surface area contributed by atoms with Gasteiger partial charge in [0.05, 0.1) is 0 Å². The molecular weight excluding hydrogens is 269 g/mol. The summed E-state index contributed by atoms with van der Waals surface area (Å²) in [6, 6.07) is 5.67. The lowest BCUT2D eigenvalue weighted by Gasteiger charge is -2.34. The second kappa shape index (κ2) is 6.73. The summed E-state index contributed by atoms with van der Waals surface area (Å²) in [5.74, 6) is 0. The number of hydrogen-bond donors (Lipinski definition) is 1. The summed E-state index contributed by atoms with van der Waals surface area (Å²) in [7, 11) is 0. The molecule has 1 aromatic carbocycles. The smallest absolute Gasteiger partial charge is 0.0465 e. The van der Waals surface area contributed by atoms with E-state index in [9.17, 15) is 0 Å². The van der Waals surface area contributed by atoms with E-state index in [2.05, 4.69) is 9.80 Å². The predicted octanol–water partition coefficient (Wildman–Crippen LogP) is 2.07. The Hall–Kier alpha value is -0.320. The van der Waals surface area contributed by atoms with Crippen molar-refractivity contribution in [2.75, 3.05) is 39.3 Å². The van der Waals surface area contributed by atoms with Gasteiger partial charge in [-0.1, -0.05) is 29.3 Å². The molecule has 0 unspecified atom stereocenters. The molecule has 18 heavy (non-hydrogen) atoms. The standard InChI is InChI=1S/C13H19Cl2N3/c14-12-2-1-3-13(15)11(12)10-18-8-6-17(5-4-16)7-9-18/h1-3H,4-10,16H2. The lowest BCUT2D eigenvalue weighted by atomic mass is 10.2. The van der Waals surface area contributed by atoms with Gasteiger partial charge in [0.25, 0.3) is 0 Å². The van der Waals surface area contributed by atoms with Crippen molar-refractivity contribution < 1.29 is 0 Å². The Balaban J connectivity index is 1.92. The molecule has 0 atom stereocenters. The van der Waals surface area contributed by atoms with E-state index in [-0.39, 0.29) is 0 Å². The van der Waals surface area contributed by atoms with Gasteiger partial charge in [-0.2, -0.15) is 0 Å². The summed E-state index contributed by atoms with van der Waals surface area (Å²) in [6.45, 7) is 6.77. The van der Waals surface area contributed by atoms with Crippen molar-refractivity contribution in [3.63, 3.8) is 0 Å². The maximum absolute atomic E-state index is 6.19. The van der Waals surface area contributed by atoms with Crippen LogP contribution in [-0.2, 0) is 6.54 Å². The van der Waals surface area contributed by atoms with E-state index >= 15 is 0 Å². The second-order valence-corrected chi connectivity index (χ2v) is 5.42. The highest BCUT2D eigenvalue weighted by Crippen LogP contribution is 2.25. The molecule has 0 spiro atoms. The minimum atomic E-state index is 0.732. The molecule has 0 radical (unpaired) electrons. The van der Waals surface area contributed by atoms with Gasteiger partial charge in [0.2, 0.25) is 0 Å². The van der Waals surface area contributed by atoms with E-state index in [4.69, 9.17) is 28.9 Å². The molecule has 1 fully saturated rings. The Kier molecular flexibility index (Phi) is 5.27. The Morgan fingerprint density at radius 2 is 1.56 bits per heavy atom. The summed E-state index contributed by atoms with van der Waals surface area (Å²) >= 11 is 12.4. The van der Waals surface area contributed by atoms with E-state index in [1.165, 1.54) is 0 Å². The SMILES string of the molecule is NCCN1CCN(Cc2c(Cl)cccc2Cl)CC1. The number of piperazine rings is 1. The molecule has 1 aliphatic rings. The highest BCUT2D eigenvalue weighted by molar-refractivity contribution is 6.35. The molecule has 0 bridgehead atoms. The highest BCUT2D eigenvalue weighted by atomic mass is 35.5. The molecule has 2 rings (SSSR count). The van der Waals surface area contributed by atoms with Gasteiger partial charge in [-0.15, -0.1) is 0 Å². The van der Waals surface area contributed by atoms with Crippen LogP contribution in [0.15, 0.2) is 18.2 Å². The van der Waals surface area contributed by atoms with Crippen LogP contribution < -0.4 is 5.73 Å². The van der Waals surface area contributed by atoms with Crippen LogP contribution in [-0.4, -0.2) is 49.1 Å². The first-order valence-corrected chi connectivity index (χ1v) is 7.04. The molecule has 1 aromatic rings. The number of hydrogen-bond acceptors (Lipinski definition) is 3. The third kappa shape index (κ3) is 3.59. The summed E-state index contributed by atoms with van der Waals surface area (Å²) in [6.07, 6.45) is 0. The molecule has 1 heterocycles. The summed E-state index contributed by atoms with van der Waals surface area (Å²) in [5, 5.41) is 1.51. The molecule has 3 nitrogen and oxygen atoms in total. The van der Waals surface area contributed by atoms with Gasteiger partial charge in [-0.3, -0.25) is 9.80 Å². The summed E-state index contributed by atoms with van der Waals surface area (Å²) < 4.78 is 0. The third-order valence-corrected chi connectivity index (χ3v) is 4.06. The van der Waals surface area contributed by atoms with E-state index < -0.39 is 0 Å². The van der Waals surface area contributed by atoms with Crippen LogP contribution in [0, 0.1) is 0 Å². The van der Waals surface area contributed by atoms with Crippen molar-refractivity contribution >= 4 is 23.2 Å².